The van der Waals surface area contributed by atoms with Crippen LogP contribution in [0.15, 0.2) is 53.6 Å². The van der Waals surface area contributed by atoms with Crippen LogP contribution in [0.4, 0.5) is 28.9 Å². The van der Waals surface area contributed by atoms with Gasteiger partial charge in [0, 0.05) is 13.1 Å². The van der Waals surface area contributed by atoms with Crippen LogP contribution in [0.3, 0.4) is 0 Å². The number of anilines is 2. The second kappa shape index (κ2) is 9.40. The molecule has 1 aromatic carbocycles. The Morgan fingerprint density at radius 2 is 1.86 bits per heavy atom. The molecule has 3 N–H and O–H groups in total. The normalized spacial score (nSPS) is 14.1. The van der Waals surface area contributed by atoms with E-state index in [-0.39, 0.29) is 23.5 Å². The first-order valence-corrected chi connectivity index (χ1v) is 10.7. The highest BCUT2D eigenvalue weighted by atomic mass is 19.4. The van der Waals surface area contributed by atoms with Gasteiger partial charge in [-0.3, -0.25) is 19.4 Å². The quantitative estimate of drug-likeness (QED) is 0.426. The maximum Gasteiger partial charge on any atom is 0.418 e. The monoisotopic (exact) mass is 504 g/mol. The van der Waals surface area contributed by atoms with E-state index in [1.165, 1.54) is 31.6 Å². The van der Waals surface area contributed by atoms with Gasteiger partial charge in [0.25, 0.3) is 11.5 Å². The summed E-state index contributed by atoms with van der Waals surface area (Å²) in [6, 6.07) is 6.40. The molecule has 4 rings (SSSR count). The van der Waals surface area contributed by atoms with Gasteiger partial charge in [0.05, 0.1) is 47.1 Å². The Morgan fingerprint density at radius 1 is 1.11 bits per heavy atom. The lowest BCUT2D eigenvalue weighted by molar-refractivity contribution is -0.137. The maximum absolute atomic E-state index is 13.3. The fourth-order valence-electron chi connectivity index (χ4n) is 3.38. The minimum absolute atomic E-state index is 0.00845. The average Bonchev–Trinajstić information content (AvgIpc) is 3.61. The molecule has 1 saturated carbocycles. The van der Waals surface area contributed by atoms with E-state index in [4.69, 9.17) is 0 Å². The highest BCUT2D eigenvalue weighted by Gasteiger charge is 2.51. The number of amides is 2. The number of carbonyl (C=O) groups excluding carboxylic acids is 2. The smallest absolute Gasteiger partial charge is 0.354 e. The van der Waals surface area contributed by atoms with Gasteiger partial charge in [-0.1, -0.05) is 0 Å². The van der Waals surface area contributed by atoms with Crippen LogP contribution >= 0.6 is 0 Å². The number of hydrogen-bond acceptors (Lipinski definition) is 6. The molecule has 2 heterocycles. The predicted octanol–water partition coefficient (Wildman–Crippen LogP) is 2.66. The van der Waals surface area contributed by atoms with Crippen LogP contribution in [0.1, 0.15) is 34.5 Å². The third-order valence-electron chi connectivity index (χ3n) is 5.59. The molecule has 0 bridgehead atoms. The molecule has 13 heteroatoms. The molecule has 2 aromatic heterocycles. The minimum atomic E-state index is -4.75. The first kappa shape index (κ1) is 24.8. The zero-order chi connectivity index (χ0) is 26.1. The molecule has 0 radical (unpaired) electrons. The summed E-state index contributed by atoms with van der Waals surface area (Å²) < 4.78 is 53.9. The van der Waals surface area contributed by atoms with E-state index in [1.54, 1.807) is 0 Å². The molecule has 36 heavy (non-hydrogen) atoms. The Morgan fingerprint density at radius 3 is 2.47 bits per heavy atom. The number of benzene rings is 1. The van der Waals surface area contributed by atoms with Gasteiger partial charge in [-0.25, -0.2) is 9.07 Å². The van der Waals surface area contributed by atoms with Crippen LogP contribution in [0.5, 0.6) is 0 Å². The summed E-state index contributed by atoms with van der Waals surface area (Å²) in [5.41, 5.74) is -2.35. The molecule has 1 aliphatic rings. The number of nitrogens with zero attached hydrogens (tertiary/aromatic N) is 3. The van der Waals surface area contributed by atoms with Crippen LogP contribution in [0.25, 0.3) is 0 Å². The zero-order valence-electron chi connectivity index (χ0n) is 18.8. The van der Waals surface area contributed by atoms with E-state index in [0.29, 0.717) is 24.6 Å². The van der Waals surface area contributed by atoms with Crippen molar-refractivity contribution in [3.05, 3.63) is 81.8 Å². The molecular weight excluding hydrogens is 484 g/mol. The zero-order valence-corrected chi connectivity index (χ0v) is 18.8. The van der Waals surface area contributed by atoms with E-state index < -0.39 is 40.5 Å². The number of alkyl halides is 3. The summed E-state index contributed by atoms with van der Waals surface area (Å²) >= 11 is 0. The summed E-state index contributed by atoms with van der Waals surface area (Å²) in [5, 5.41) is 11.7. The van der Waals surface area contributed by atoms with Gasteiger partial charge in [0.1, 0.15) is 11.4 Å². The van der Waals surface area contributed by atoms with Crippen LogP contribution in [-0.4, -0.2) is 32.1 Å². The van der Waals surface area contributed by atoms with Crippen LogP contribution in [0, 0.1) is 5.82 Å². The van der Waals surface area contributed by atoms with E-state index in [2.05, 4.69) is 26.0 Å². The number of pyridine rings is 1. The van der Waals surface area contributed by atoms with Crippen molar-refractivity contribution in [2.45, 2.75) is 31.1 Å². The third kappa shape index (κ3) is 5.50. The summed E-state index contributed by atoms with van der Waals surface area (Å²) in [4.78, 5) is 40.9. The van der Waals surface area contributed by atoms with Crippen molar-refractivity contribution in [3.63, 3.8) is 0 Å². The third-order valence-corrected chi connectivity index (χ3v) is 5.59. The predicted molar refractivity (Wildman–Crippen MR) is 120 cm³/mol. The van der Waals surface area contributed by atoms with Crippen molar-refractivity contribution in [2.24, 2.45) is 7.05 Å². The molecule has 0 aliphatic heterocycles. The molecule has 3 aromatic rings. The summed E-state index contributed by atoms with van der Waals surface area (Å²) in [6.07, 6.45) is -1.41. The second-order valence-corrected chi connectivity index (χ2v) is 8.28. The van der Waals surface area contributed by atoms with Crippen LogP contribution in [-0.2, 0) is 24.6 Å². The Kier molecular flexibility index (Phi) is 6.48. The minimum Gasteiger partial charge on any atom is -0.354 e. The maximum atomic E-state index is 13.3. The number of halogens is 4. The van der Waals surface area contributed by atoms with Gasteiger partial charge >= 0.3 is 6.18 Å². The molecule has 0 saturated heterocycles. The summed E-state index contributed by atoms with van der Waals surface area (Å²) in [6.45, 7) is 0.00845. The Bertz CT molecular complexity index is 1370. The van der Waals surface area contributed by atoms with Crippen molar-refractivity contribution < 1.29 is 27.2 Å². The Labute approximate surface area is 201 Å². The van der Waals surface area contributed by atoms with Crippen molar-refractivity contribution >= 4 is 23.2 Å². The van der Waals surface area contributed by atoms with E-state index >= 15 is 0 Å². The lowest BCUT2D eigenvalue weighted by atomic mass is 10.1. The molecule has 1 aliphatic carbocycles. The fourth-order valence-corrected chi connectivity index (χ4v) is 3.38. The molecule has 2 amide bonds. The second-order valence-electron chi connectivity index (χ2n) is 8.28. The topological polar surface area (TPSA) is 118 Å². The fraction of sp³-hybridized carbons (Fsp3) is 0.261. The molecule has 0 atom stereocenters. The number of hydrogen-bond donors (Lipinski definition) is 3. The lowest BCUT2D eigenvalue weighted by Gasteiger charge is -2.17. The van der Waals surface area contributed by atoms with Crippen molar-refractivity contribution in [1.29, 1.82) is 0 Å². The molecule has 0 unspecified atom stereocenters. The Hall–Kier alpha value is -4.29. The van der Waals surface area contributed by atoms with Crippen molar-refractivity contribution in [3.8, 4) is 0 Å². The van der Waals surface area contributed by atoms with Crippen LogP contribution < -0.4 is 21.5 Å². The van der Waals surface area contributed by atoms with Crippen molar-refractivity contribution in [2.75, 3.05) is 5.32 Å². The van der Waals surface area contributed by atoms with Gasteiger partial charge in [-0.2, -0.15) is 18.3 Å². The van der Waals surface area contributed by atoms with E-state index in [9.17, 15) is 31.9 Å². The van der Waals surface area contributed by atoms with Crippen LogP contribution in [0.2, 0.25) is 0 Å². The van der Waals surface area contributed by atoms with Gasteiger partial charge in [-0.05, 0) is 43.2 Å². The average molecular weight is 504 g/mol. The molecule has 0 spiro atoms. The molecular formula is C23H20F4N6O3. The highest BCUT2D eigenvalue weighted by molar-refractivity contribution is 6.00. The first-order valence-electron chi connectivity index (χ1n) is 10.7. The lowest BCUT2D eigenvalue weighted by Crippen LogP contribution is -2.49. The van der Waals surface area contributed by atoms with Gasteiger partial charge in [-0.15, -0.1) is 0 Å². The standard InChI is InChI=1S/C23H20F4N6O3/c1-33-19(34)8-13(10-30-33)20(35)32-22(6-7-22)21(36)29-11-15-3-4-16(12-28-15)31-18-5-2-14(24)9-17(18)23(25,26)27/h2-5,8-10,12,31H,6-7,11H2,1H3,(H,29,36)(H,32,35). The molecule has 1 fully saturated rings. The Balaban J connectivity index is 1.35. The number of rotatable bonds is 7. The number of carbonyl (C=O) groups is 2. The highest BCUT2D eigenvalue weighted by Crippen LogP contribution is 2.37. The van der Waals surface area contributed by atoms with E-state index in [1.807, 2.05) is 0 Å². The first-order chi connectivity index (χ1) is 17.0. The van der Waals surface area contributed by atoms with Gasteiger partial charge < -0.3 is 16.0 Å². The summed E-state index contributed by atoms with van der Waals surface area (Å²) in [5.74, 6) is -2.04. The number of aromatic nitrogens is 3. The molecule has 188 valence electrons. The van der Waals surface area contributed by atoms with Crippen molar-refractivity contribution in [1.82, 2.24) is 25.4 Å². The van der Waals surface area contributed by atoms with E-state index in [0.717, 1.165) is 22.9 Å². The summed E-state index contributed by atoms with van der Waals surface area (Å²) in [7, 11) is 1.44. The number of aryl methyl sites for hydroxylation is 1. The largest absolute Gasteiger partial charge is 0.418 e. The number of nitrogens with one attached hydrogen (secondary N) is 3. The molecule has 9 nitrogen and oxygen atoms in total. The SMILES string of the molecule is Cn1ncc(C(=O)NC2(C(=O)NCc3ccc(Nc4ccc(F)cc4C(F)(F)F)cn3)CC2)cc1=O. The van der Waals surface area contributed by atoms with Gasteiger partial charge in [0.2, 0.25) is 5.91 Å². The van der Waals surface area contributed by atoms with Gasteiger partial charge in [0.15, 0.2) is 0 Å².